The summed E-state index contributed by atoms with van der Waals surface area (Å²) in [5.41, 5.74) is 2.94. The van der Waals surface area contributed by atoms with E-state index in [-0.39, 0.29) is 74.1 Å². The molecule has 0 atom stereocenters. The predicted molar refractivity (Wildman–Crippen MR) is 215 cm³/mol. The van der Waals surface area contributed by atoms with Gasteiger partial charge in [-0.15, -0.1) is 0 Å². The summed E-state index contributed by atoms with van der Waals surface area (Å²) in [4.78, 5) is 0. The molecule has 8 aromatic carbocycles. The highest BCUT2D eigenvalue weighted by Crippen LogP contribution is 2.40. The molecule has 0 radical (unpaired) electrons. The van der Waals surface area contributed by atoms with Crippen molar-refractivity contribution in [1.82, 2.24) is 13.7 Å². The van der Waals surface area contributed by atoms with Gasteiger partial charge in [-0.1, -0.05) is 121 Å². The monoisotopic (exact) mass is 664 g/mol. The van der Waals surface area contributed by atoms with E-state index < -0.39 is 60.4 Å². The Hall–Kier alpha value is -6.84. The van der Waals surface area contributed by atoms with Crippen LogP contribution < -0.4 is 0 Å². The molecule has 0 bridgehead atoms. The highest BCUT2D eigenvalue weighted by Gasteiger charge is 2.19. The molecule has 11 rings (SSSR count). The highest BCUT2D eigenvalue weighted by molar-refractivity contribution is 6.13. The lowest BCUT2D eigenvalue weighted by Gasteiger charge is -2.16. The molecule has 0 spiro atoms. The Morgan fingerprint density at radius 3 is 1.57 bits per heavy atom. The number of hydrogen-bond acceptors (Lipinski definition) is 0. The molecule has 0 saturated heterocycles. The number of benzene rings is 8. The van der Waals surface area contributed by atoms with E-state index in [0.717, 1.165) is 0 Å². The predicted octanol–water partition coefficient (Wildman–Crippen LogP) is 12.6. The largest absolute Gasteiger partial charge is 0.309 e. The molecule has 3 aromatic heterocycles. The van der Waals surface area contributed by atoms with Crippen molar-refractivity contribution in [3.05, 3.63) is 188 Å². The summed E-state index contributed by atoms with van der Waals surface area (Å²) in [7, 11) is 0. The van der Waals surface area contributed by atoms with Crippen LogP contribution in [0.25, 0.3) is 93.6 Å². The Balaban J connectivity index is 1.25. The van der Waals surface area contributed by atoms with Gasteiger partial charge in [-0.05, 0) is 72.1 Å². The molecule has 0 aliphatic rings. The number of rotatable bonds is 4. The first-order valence-corrected chi connectivity index (χ1v) is 16.3. The molecule has 0 unspecified atom stereocenters. The fraction of sp³-hybridized carbons (Fsp3) is 0. The summed E-state index contributed by atoms with van der Waals surface area (Å²) in [5, 5.41) is 1.42. The van der Waals surface area contributed by atoms with Gasteiger partial charge in [0.15, 0.2) is 0 Å². The molecule has 3 nitrogen and oxygen atoms in total. The van der Waals surface area contributed by atoms with E-state index in [1.807, 2.05) is 36.4 Å². The van der Waals surface area contributed by atoms with Crippen molar-refractivity contribution in [1.29, 1.82) is 0 Å². The molecule has 3 heteroatoms. The van der Waals surface area contributed by atoms with E-state index in [0.29, 0.717) is 49.7 Å². The second kappa shape index (κ2) is 10.8. The van der Waals surface area contributed by atoms with Crippen LogP contribution in [0.4, 0.5) is 0 Å². The van der Waals surface area contributed by atoms with Gasteiger partial charge in [0, 0.05) is 49.3 Å². The summed E-state index contributed by atoms with van der Waals surface area (Å²) in [5.74, 6) is 0. The van der Waals surface area contributed by atoms with Crippen LogP contribution in [0.3, 0.4) is 0 Å². The molecular weight excluding hydrogens is 619 g/mol. The van der Waals surface area contributed by atoms with Crippen molar-refractivity contribution in [2.24, 2.45) is 0 Å². The number of fused-ring (bicyclic) bond motifs is 9. The van der Waals surface area contributed by atoms with E-state index in [4.69, 9.17) is 13.7 Å². The van der Waals surface area contributed by atoms with E-state index in [1.165, 1.54) is 9.13 Å². The third-order valence-corrected chi connectivity index (χ3v) is 9.54. The zero-order chi connectivity index (χ0) is 46.5. The Bertz CT molecular complexity index is 4020. The number of hydrogen-bond donors (Lipinski definition) is 0. The second-order valence-corrected chi connectivity index (χ2v) is 12.2. The summed E-state index contributed by atoms with van der Waals surface area (Å²) < 4.78 is 140. The molecule has 0 fully saturated rings. The van der Waals surface area contributed by atoms with Crippen LogP contribution in [0.5, 0.6) is 0 Å². The molecule has 51 heavy (non-hydrogen) atoms. The van der Waals surface area contributed by atoms with Gasteiger partial charge in [0.1, 0.15) is 0 Å². The molecule has 0 N–H and O–H groups in total. The maximum absolute atomic E-state index is 9.95. The minimum absolute atomic E-state index is 0.0161. The third kappa shape index (κ3) is 4.06. The Kier molecular flexibility index (Phi) is 3.65. The Morgan fingerprint density at radius 2 is 0.882 bits per heavy atom. The molecule has 238 valence electrons. The Labute approximate surface area is 315 Å². The Morgan fingerprint density at radius 1 is 0.353 bits per heavy atom. The van der Waals surface area contributed by atoms with Gasteiger partial charge >= 0.3 is 0 Å². The lowest BCUT2D eigenvalue weighted by atomic mass is 10.0. The quantitative estimate of drug-likeness (QED) is 0.178. The van der Waals surface area contributed by atoms with Crippen molar-refractivity contribution >= 4 is 65.4 Å². The van der Waals surface area contributed by atoms with Crippen LogP contribution in [0.15, 0.2) is 188 Å². The van der Waals surface area contributed by atoms with Crippen molar-refractivity contribution in [2.45, 2.75) is 0 Å². The summed E-state index contributed by atoms with van der Waals surface area (Å²) in [6.45, 7) is 0. The normalized spacial score (nSPS) is 16.0. The van der Waals surface area contributed by atoms with Crippen LogP contribution >= 0.6 is 0 Å². The van der Waals surface area contributed by atoms with Crippen molar-refractivity contribution in [3.63, 3.8) is 0 Å². The lowest BCUT2D eigenvalue weighted by Crippen LogP contribution is -1.99. The fourth-order valence-corrected chi connectivity index (χ4v) is 7.42. The van der Waals surface area contributed by atoms with Gasteiger partial charge in [0.25, 0.3) is 0 Å². The van der Waals surface area contributed by atoms with Crippen molar-refractivity contribution in [2.75, 3.05) is 0 Å². The van der Waals surface area contributed by atoms with E-state index in [9.17, 15) is 6.85 Å². The van der Waals surface area contributed by atoms with E-state index in [1.54, 1.807) is 65.2 Å². The summed E-state index contributed by atoms with van der Waals surface area (Å²) in [6, 6.07) is 22.0. The minimum atomic E-state index is -0.579. The summed E-state index contributed by atoms with van der Waals surface area (Å²) in [6.07, 6.45) is 0. The molecular formula is C48H31N3. The van der Waals surface area contributed by atoms with Gasteiger partial charge in [-0.3, -0.25) is 0 Å². The van der Waals surface area contributed by atoms with Crippen LogP contribution in [-0.2, 0) is 0 Å². The third-order valence-electron chi connectivity index (χ3n) is 9.54. The zero-order valence-electron chi connectivity index (χ0n) is 41.6. The maximum atomic E-state index is 9.95. The fourth-order valence-electron chi connectivity index (χ4n) is 7.42. The van der Waals surface area contributed by atoms with Crippen LogP contribution in [0, 0.1) is 0 Å². The second-order valence-electron chi connectivity index (χ2n) is 12.2. The smallest absolute Gasteiger partial charge is 0.0652 e. The van der Waals surface area contributed by atoms with Gasteiger partial charge < -0.3 is 13.7 Å². The molecule has 0 amide bonds. The molecule has 3 heterocycles. The SMILES string of the molecule is [2H]c1c([2H])c([2H])c2c(c1[2H])c1ccccc1n2-c1cccc(-c2ccccc2-n2c3c([2H])c([2H])c([2H])c([2H])c3c3c([2H])c(-n4c5ccccc5c5c([2H])c([2H])c([2H])c([2H])c54)c([2H])c([2H])c32)c1. The summed E-state index contributed by atoms with van der Waals surface area (Å²) >= 11 is 0. The maximum Gasteiger partial charge on any atom is 0.0652 e. The average Bonchev–Trinajstić information content (AvgIpc) is 3.99. The number of nitrogens with zero attached hydrogens (tertiary/aromatic N) is 3. The molecule has 0 aliphatic heterocycles. The van der Waals surface area contributed by atoms with Gasteiger partial charge in [-0.25, -0.2) is 0 Å². The number of aromatic nitrogens is 3. The molecule has 11 aromatic rings. The minimum Gasteiger partial charge on any atom is -0.309 e. The first-order valence-electron chi connectivity index (χ1n) is 23.8. The van der Waals surface area contributed by atoms with Gasteiger partial charge in [0.2, 0.25) is 0 Å². The van der Waals surface area contributed by atoms with E-state index in [2.05, 4.69) is 0 Å². The van der Waals surface area contributed by atoms with Crippen LogP contribution in [0.2, 0.25) is 0 Å². The zero-order valence-corrected chi connectivity index (χ0v) is 26.6. The highest BCUT2D eigenvalue weighted by atomic mass is 15.0. The van der Waals surface area contributed by atoms with Crippen LogP contribution in [-0.4, -0.2) is 13.7 Å². The molecule has 0 saturated carbocycles. The lowest BCUT2D eigenvalue weighted by molar-refractivity contribution is 1.16. The first-order chi connectivity index (χ1) is 31.6. The van der Waals surface area contributed by atoms with Crippen LogP contribution in [0.1, 0.15) is 20.6 Å². The molecule has 0 aliphatic carbocycles. The van der Waals surface area contributed by atoms with Crippen molar-refractivity contribution < 1.29 is 20.6 Å². The van der Waals surface area contributed by atoms with Gasteiger partial charge in [0.05, 0.1) is 59.3 Å². The average molecular weight is 665 g/mol. The van der Waals surface area contributed by atoms with E-state index >= 15 is 0 Å². The number of para-hydroxylation sites is 6. The van der Waals surface area contributed by atoms with Crippen molar-refractivity contribution in [3.8, 4) is 28.2 Å². The topological polar surface area (TPSA) is 14.8 Å². The first kappa shape index (κ1) is 17.2. The van der Waals surface area contributed by atoms with Gasteiger partial charge in [-0.2, -0.15) is 0 Å². The standard InChI is InChI=1S/C48H31N3/c1-7-22-42(35(16-1)32-14-13-15-33(30-32)49-43-23-8-2-17-36(43)37-18-3-9-24-44(37)49)51-47-27-12-6-21-40(47)41-31-34(28-29-48(41)51)50-45-25-10-4-19-38(45)39-20-5-11-26-46(39)50/h1-31H/i2D,4D,6D,8D,10D,12D,17D,19D,21D,23D,25D,27D,28D,29D,31D.